The lowest BCUT2D eigenvalue weighted by molar-refractivity contribution is 0.305. The first kappa shape index (κ1) is 18.6. The lowest BCUT2D eigenvalue weighted by Crippen LogP contribution is -2.31. The molecule has 2 aromatic rings. The second-order valence-corrected chi connectivity index (χ2v) is 6.88. The maximum atomic E-state index is 5.95. The lowest BCUT2D eigenvalue weighted by Gasteiger charge is -2.31. The van der Waals surface area contributed by atoms with Crippen LogP contribution in [0.5, 0.6) is 17.2 Å². The van der Waals surface area contributed by atoms with E-state index in [-0.39, 0.29) is 6.04 Å². The fourth-order valence-corrected chi connectivity index (χ4v) is 3.78. The van der Waals surface area contributed by atoms with Crippen LogP contribution in [0.25, 0.3) is 0 Å². The summed E-state index contributed by atoms with van der Waals surface area (Å²) >= 11 is 0. The molecule has 140 valence electrons. The van der Waals surface area contributed by atoms with Crippen molar-refractivity contribution in [2.45, 2.75) is 39.2 Å². The highest BCUT2D eigenvalue weighted by molar-refractivity contribution is 5.56. The minimum atomic E-state index is 0.146. The van der Waals surface area contributed by atoms with Crippen molar-refractivity contribution < 1.29 is 14.2 Å². The number of methoxy groups -OCH3 is 2. The van der Waals surface area contributed by atoms with Crippen molar-refractivity contribution >= 4 is 0 Å². The van der Waals surface area contributed by atoms with Crippen LogP contribution >= 0.6 is 0 Å². The van der Waals surface area contributed by atoms with Crippen LogP contribution in [0.3, 0.4) is 0 Å². The highest BCUT2D eigenvalue weighted by atomic mass is 16.5. The van der Waals surface area contributed by atoms with Crippen LogP contribution in [0.4, 0.5) is 0 Å². The smallest absolute Gasteiger partial charge is 0.164 e. The topological polar surface area (TPSA) is 39.7 Å². The van der Waals surface area contributed by atoms with Crippen molar-refractivity contribution in [2.75, 3.05) is 27.4 Å². The van der Waals surface area contributed by atoms with Crippen molar-refractivity contribution in [1.29, 1.82) is 0 Å². The standard InChI is InChI=1S/C22H29NO3/c1-6-26-22-18-11-12-23-21(16(18)9-10-20(22)25-5)17-8-7-15(24-4)13-19(17)14(2)3/h7-10,13-14,21,23H,6,11-12H2,1-5H3. The number of ether oxygens (including phenoxy) is 3. The van der Waals surface area contributed by atoms with Crippen molar-refractivity contribution in [2.24, 2.45) is 0 Å². The lowest BCUT2D eigenvalue weighted by atomic mass is 9.84. The van der Waals surface area contributed by atoms with Gasteiger partial charge in [-0.1, -0.05) is 26.0 Å². The van der Waals surface area contributed by atoms with E-state index in [4.69, 9.17) is 14.2 Å². The Bertz CT molecular complexity index is 770. The zero-order valence-electron chi connectivity index (χ0n) is 16.4. The van der Waals surface area contributed by atoms with Crippen LogP contribution in [0.1, 0.15) is 55.0 Å². The van der Waals surface area contributed by atoms with Gasteiger partial charge >= 0.3 is 0 Å². The van der Waals surface area contributed by atoms with Crippen LogP contribution in [0, 0.1) is 0 Å². The van der Waals surface area contributed by atoms with E-state index >= 15 is 0 Å². The van der Waals surface area contributed by atoms with E-state index < -0.39 is 0 Å². The summed E-state index contributed by atoms with van der Waals surface area (Å²) in [6.45, 7) is 8.00. The average molecular weight is 355 g/mol. The van der Waals surface area contributed by atoms with Gasteiger partial charge in [0.05, 0.1) is 26.9 Å². The number of fused-ring (bicyclic) bond motifs is 1. The van der Waals surface area contributed by atoms with E-state index in [0.717, 1.165) is 30.2 Å². The third-order valence-electron chi connectivity index (χ3n) is 5.03. The van der Waals surface area contributed by atoms with Crippen LogP contribution in [-0.2, 0) is 6.42 Å². The molecule has 0 saturated carbocycles. The molecule has 26 heavy (non-hydrogen) atoms. The molecule has 0 bridgehead atoms. The summed E-state index contributed by atoms with van der Waals surface area (Å²) in [5.74, 6) is 3.01. The van der Waals surface area contributed by atoms with Crippen LogP contribution < -0.4 is 19.5 Å². The van der Waals surface area contributed by atoms with Gasteiger partial charge in [0.1, 0.15) is 5.75 Å². The molecule has 1 atom stereocenters. The Labute approximate surface area is 156 Å². The number of benzene rings is 2. The summed E-state index contributed by atoms with van der Waals surface area (Å²) in [5.41, 5.74) is 5.13. The molecule has 4 nitrogen and oxygen atoms in total. The van der Waals surface area contributed by atoms with Crippen molar-refractivity contribution in [3.05, 3.63) is 52.6 Å². The van der Waals surface area contributed by atoms with Gasteiger partial charge < -0.3 is 19.5 Å². The number of nitrogens with one attached hydrogen (secondary N) is 1. The fraction of sp³-hybridized carbons (Fsp3) is 0.455. The molecular weight excluding hydrogens is 326 g/mol. The third-order valence-corrected chi connectivity index (χ3v) is 5.03. The SMILES string of the molecule is CCOc1c(OC)ccc2c1CCNC2c1ccc(OC)cc1C(C)C. The zero-order chi connectivity index (χ0) is 18.7. The Hall–Kier alpha value is -2.20. The number of hydrogen-bond acceptors (Lipinski definition) is 4. The molecule has 0 spiro atoms. The van der Waals surface area contributed by atoms with E-state index in [0.29, 0.717) is 12.5 Å². The highest BCUT2D eigenvalue weighted by Crippen LogP contribution is 2.41. The van der Waals surface area contributed by atoms with E-state index in [1.807, 2.05) is 19.1 Å². The van der Waals surface area contributed by atoms with Gasteiger partial charge in [0.25, 0.3) is 0 Å². The summed E-state index contributed by atoms with van der Waals surface area (Å²) in [6.07, 6.45) is 0.936. The summed E-state index contributed by atoms with van der Waals surface area (Å²) in [4.78, 5) is 0. The summed E-state index contributed by atoms with van der Waals surface area (Å²) in [7, 11) is 3.41. The van der Waals surface area contributed by atoms with Gasteiger partial charge in [0.2, 0.25) is 0 Å². The van der Waals surface area contributed by atoms with Gasteiger partial charge in [0, 0.05) is 12.1 Å². The van der Waals surface area contributed by atoms with Crippen molar-refractivity contribution in [3.63, 3.8) is 0 Å². The molecule has 1 N–H and O–H groups in total. The molecule has 1 unspecified atom stereocenters. The normalized spacial score (nSPS) is 16.3. The molecular formula is C22H29NO3. The first-order valence-electron chi connectivity index (χ1n) is 9.34. The molecule has 0 amide bonds. The highest BCUT2D eigenvalue weighted by Gasteiger charge is 2.28. The van der Waals surface area contributed by atoms with E-state index in [2.05, 4.69) is 37.4 Å². The predicted molar refractivity (Wildman–Crippen MR) is 105 cm³/mol. The van der Waals surface area contributed by atoms with Gasteiger partial charge in [0.15, 0.2) is 11.5 Å². The molecule has 4 heteroatoms. The monoisotopic (exact) mass is 355 g/mol. The van der Waals surface area contributed by atoms with Gasteiger partial charge in [-0.25, -0.2) is 0 Å². The van der Waals surface area contributed by atoms with Crippen molar-refractivity contribution in [3.8, 4) is 17.2 Å². The second-order valence-electron chi connectivity index (χ2n) is 6.88. The van der Waals surface area contributed by atoms with Gasteiger partial charge in [-0.3, -0.25) is 0 Å². The van der Waals surface area contributed by atoms with E-state index in [1.54, 1.807) is 14.2 Å². The molecule has 1 aliphatic rings. The average Bonchev–Trinajstić information content (AvgIpc) is 2.67. The Morgan fingerprint density at radius 2 is 1.85 bits per heavy atom. The largest absolute Gasteiger partial charge is 0.497 e. The number of rotatable bonds is 6. The molecule has 0 radical (unpaired) electrons. The maximum absolute atomic E-state index is 5.95. The summed E-state index contributed by atoms with van der Waals surface area (Å²) in [5, 5.41) is 3.69. The van der Waals surface area contributed by atoms with Crippen LogP contribution in [0.15, 0.2) is 30.3 Å². The maximum Gasteiger partial charge on any atom is 0.164 e. The molecule has 0 fully saturated rings. The third kappa shape index (κ3) is 3.38. The molecule has 2 aromatic carbocycles. The Balaban J connectivity index is 2.12. The van der Waals surface area contributed by atoms with Crippen LogP contribution in [-0.4, -0.2) is 27.4 Å². The zero-order valence-corrected chi connectivity index (χ0v) is 16.4. The summed E-state index contributed by atoms with van der Waals surface area (Å²) < 4.78 is 16.9. The Morgan fingerprint density at radius 3 is 2.50 bits per heavy atom. The van der Waals surface area contributed by atoms with E-state index in [1.165, 1.54) is 22.3 Å². The van der Waals surface area contributed by atoms with Crippen molar-refractivity contribution in [1.82, 2.24) is 5.32 Å². The molecule has 3 rings (SSSR count). The first-order chi connectivity index (χ1) is 12.6. The Morgan fingerprint density at radius 1 is 1.08 bits per heavy atom. The van der Waals surface area contributed by atoms with Gasteiger partial charge in [-0.2, -0.15) is 0 Å². The number of hydrogen-bond donors (Lipinski definition) is 1. The molecule has 1 aliphatic heterocycles. The summed E-state index contributed by atoms with van der Waals surface area (Å²) in [6, 6.07) is 10.7. The predicted octanol–water partition coefficient (Wildman–Crippen LogP) is 4.46. The first-order valence-corrected chi connectivity index (χ1v) is 9.34. The van der Waals surface area contributed by atoms with Gasteiger partial charge in [-0.05, 0) is 54.2 Å². The second kappa shape index (κ2) is 8.00. The van der Waals surface area contributed by atoms with Crippen LogP contribution in [0.2, 0.25) is 0 Å². The molecule has 1 heterocycles. The quantitative estimate of drug-likeness (QED) is 0.830. The molecule has 0 aromatic heterocycles. The molecule has 0 saturated heterocycles. The van der Waals surface area contributed by atoms with E-state index in [9.17, 15) is 0 Å². The van der Waals surface area contributed by atoms with Gasteiger partial charge in [-0.15, -0.1) is 0 Å². The minimum absolute atomic E-state index is 0.146. The molecule has 0 aliphatic carbocycles. The Kier molecular flexibility index (Phi) is 5.72. The fourth-order valence-electron chi connectivity index (χ4n) is 3.78. The minimum Gasteiger partial charge on any atom is -0.497 e.